The normalized spacial score (nSPS) is 13.0. The van der Waals surface area contributed by atoms with Crippen LogP contribution in [0, 0.1) is 27.7 Å². The predicted octanol–water partition coefficient (Wildman–Crippen LogP) is 4.74. The second-order valence-corrected chi connectivity index (χ2v) is 6.86. The summed E-state index contributed by atoms with van der Waals surface area (Å²) < 4.78 is 2.09. The third-order valence-electron chi connectivity index (χ3n) is 4.95. The minimum Gasteiger partial charge on any atom is -0.369 e. The molecule has 0 spiro atoms. The lowest BCUT2D eigenvalue weighted by atomic mass is 10.0. The molecule has 0 unspecified atom stereocenters. The van der Waals surface area contributed by atoms with E-state index in [0.717, 1.165) is 30.2 Å². The fourth-order valence-electron chi connectivity index (χ4n) is 3.66. The molecule has 1 aromatic heterocycles. The largest absolute Gasteiger partial charge is 0.369 e. The molecule has 0 atom stereocenters. The average molecular weight is 317 g/mol. The Morgan fingerprint density at radius 2 is 1.75 bits per heavy atom. The first-order chi connectivity index (χ1) is 11.5. The molecule has 1 N–H and O–H groups in total. The summed E-state index contributed by atoms with van der Waals surface area (Å²) in [5.74, 6) is 1.15. The third-order valence-corrected chi connectivity index (χ3v) is 4.95. The Morgan fingerprint density at radius 3 is 2.50 bits per heavy atom. The van der Waals surface area contributed by atoms with Gasteiger partial charge in [0.25, 0.3) is 0 Å². The average Bonchev–Trinajstić information content (AvgIpc) is 3.11. The van der Waals surface area contributed by atoms with Gasteiger partial charge in [-0.2, -0.15) is 5.10 Å². The summed E-state index contributed by atoms with van der Waals surface area (Å²) in [6, 6.07) is 13.1. The van der Waals surface area contributed by atoms with Crippen molar-refractivity contribution in [1.82, 2.24) is 9.78 Å². The summed E-state index contributed by atoms with van der Waals surface area (Å²) in [6.07, 6.45) is 1.03. The highest BCUT2D eigenvalue weighted by atomic mass is 15.3. The van der Waals surface area contributed by atoms with Gasteiger partial charge in [-0.15, -0.1) is 0 Å². The molecule has 4 rings (SSSR count). The fraction of sp³-hybridized carbons (Fsp3) is 0.286. The lowest BCUT2D eigenvalue weighted by molar-refractivity contribution is 0.873. The minimum atomic E-state index is 0.982. The van der Waals surface area contributed by atoms with E-state index < -0.39 is 0 Å². The highest BCUT2D eigenvalue weighted by Crippen LogP contribution is 2.36. The van der Waals surface area contributed by atoms with Gasteiger partial charge in [0.1, 0.15) is 5.82 Å². The van der Waals surface area contributed by atoms with E-state index in [-0.39, 0.29) is 0 Å². The number of aromatic nitrogens is 2. The number of nitrogens with one attached hydrogen (secondary N) is 1. The van der Waals surface area contributed by atoms with Gasteiger partial charge in [-0.1, -0.05) is 29.3 Å². The lowest BCUT2D eigenvalue weighted by Crippen LogP contribution is -2.06. The predicted molar refractivity (Wildman–Crippen MR) is 100 cm³/mol. The number of aryl methyl sites for hydroxylation is 3. The quantitative estimate of drug-likeness (QED) is 0.740. The van der Waals surface area contributed by atoms with E-state index in [1.165, 1.54) is 33.4 Å². The molecule has 3 aromatic rings. The maximum atomic E-state index is 5.01. The topological polar surface area (TPSA) is 29.9 Å². The molecular formula is C21H23N3. The zero-order valence-corrected chi connectivity index (χ0v) is 14.8. The van der Waals surface area contributed by atoms with E-state index in [9.17, 15) is 0 Å². The molecule has 0 aliphatic carbocycles. The Labute approximate surface area is 143 Å². The van der Waals surface area contributed by atoms with Gasteiger partial charge in [0.05, 0.1) is 11.4 Å². The first kappa shape index (κ1) is 15.0. The number of anilines is 1. The van der Waals surface area contributed by atoms with E-state index in [4.69, 9.17) is 5.10 Å². The van der Waals surface area contributed by atoms with Crippen LogP contribution in [0.15, 0.2) is 36.4 Å². The fourth-order valence-corrected chi connectivity index (χ4v) is 3.66. The number of rotatable bonds is 2. The van der Waals surface area contributed by atoms with Gasteiger partial charge in [0.15, 0.2) is 0 Å². The van der Waals surface area contributed by atoms with Crippen LogP contribution < -0.4 is 5.32 Å². The first-order valence-electron chi connectivity index (χ1n) is 8.55. The number of nitrogens with zero attached hydrogens (tertiary/aromatic N) is 2. The van der Waals surface area contributed by atoms with E-state index in [1.54, 1.807) is 0 Å². The van der Waals surface area contributed by atoms with Gasteiger partial charge in [0.2, 0.25) is 0 Å². The van der Waals surface area contributed by atoms with Crippen LogP contribution in [0.1, 0.15) is 27.8 Å². The van der Waals surface area contributed by atoms with Gasteiger partial charge in [0, 0.05) is 17.7 Å². The molecule has 0 saturated heterocycles. The van der Waals surface area contributed by atoms with Crippen molar-refractivity contribution in [2.24, 2.45) is 0 Å². The van der Waals surface area contributed by atoms with Crippen LogP contribution in [-0.4, -0.2) is 16.3 Å². The lowest BCUT2D eigenvalue weighted by Gasteiger charge is -2.11. The molecule has 2 heterocycles. The number of benzene rings is 2. The number of hydrogen-bond donors (Lipinski definition) is 1. The van der Waals surface area contributed by atoms with Gasteiger partial charge in [-0.25, -0.2) is 4.68 Å². The van der Waals surface area contributed by atoms with Gasteiger partial charge in [-0.3, -0.25) is 0 Å². The Morgan fingerprint density at radius 1 is 1.00 bits per heavy atom. The maximum Gasteiger partial charge on any atom is 0.133 e. The molecule has 0 bridgehead atoms. The minimum absolute atomic E-state index is 0.982. The van der Waals surface area contributed by atoms with Crippen LogP contribution in [0.25, 0.3) is 16.9 Å². The summed E-state index contributed by atoms with van der Waals surface area (Å²) in [5, 5.41) is 8.54. The van der Waals surface area contributed by atoms with Crippen LogP contribution in [0.2, 0.25) is 0 Å². The van der Waals surface area contributed by atoms with Crippen LogP contribution in [0.5, 0.6) is 0 Å². The molecule has 122 valence electrons. The van der Waals surface area contributed by atoms with Gasteiger partial charge < -0.3 is 5.32 Å². The molecule has 0 radical (unpaired) electrons. The van der Waals surface area contributed by atoms with Crippen molar-refractivity contribution in [2.45, 2.75) is 34.1 Å². The van der Waals surface area contributed by atoms with Crippen LogP contribution in [0.4, 0.5) is 5.82 Å². The number of fused-ring (bicyclic) bond motifs is 1. The van der Waals surface area contributed by atoms with E-state index in [1.807, 2.05) is 0 Å². The molecular weight excluding hydrogens is 294 g/mol. The second kappa shape index (κ2) is 5.52. The van der Waals surface area contributed by atoms with Crippen LogP contribution in [-0.2, 0) is 6.42 Å². The van der Waals surface area contributed by atoms with Crippen molar-refractivity contribution < 1.29 is 0 Å². The Kier molecular flexibility index (Phi) is 3.45. The Bertz CT molecular complexity index is 914. The van der Waals surface area contributed by atoms with Crippen molar-refractivity contribution in [3.63, 3.8) is 0 Å². The summed E-state index contributed by atoms with van der Waals surface area (Å²) in [5.41, 5.74) is 9.97. The van der Waals surface area contributed by atoms with Gasteiger partial charge in [-0.05, 0) is 63.4 Å². The molecule has 1 aliphatic rings. The summed E-state index contributed by atoms with van der Waals surface area (Å²) in [7, 11) is 0. The van der Waals surface area contributed by atoms with Gasteiger partial charge >= 0.3 is 0 Å². The summed E-state index contributed by atoms with van der Waals surface area (Å²) >= 11 is 0. The Balaban J connectivity index is 1.94. The molecule has 0 fully saturated rings. The monoisotopic (exact) mass is 317 g/mol. The van der Waals surface area contributed by atoms with Crippen molar-refractivity contribution >= 4 is 5.82 Å². The zero-order valence-electron chi connectivity index (χ0n) is 14.8. The zero-order chi connectivity index (χ0) is 16.8. The SMILES string of the molecule is Cc1cc(C)cc(-c2nn(-c3cccc(C)c3C)c3c2CCN3)c1. The van der Waals surface area contributed by atoms with Crippen molar-refractivity contribution in [3.05, 3.63) is 64.2 Å². The summed E-state index contributed by atoms with van der Waals surface area (Å²) in [4.78, 5) is 0. The molecule has 0 amide bonds. The van der Waals surface area contributed by atoms with Crippen molar-refractivity contribution in [3.8, 4) is 16.9 Å². The summed E-state index contributed by atoms with van der Waals surface area (Å²) in [6.45, 7) is 9.61. The molecule has 0 saturated carbocycles. The smallest absolute Gasteiger partial charge is 0.133 e. The highest BCUT2D eigenvalue weighted by molar-refractivity contribution is 5.74. The van der Waals surface area contributed by atoms with E-state index in [0.29, 0.717) is 0 Å². The standard InChI is InChI=1S/C21H23N3/c1-13-10-14(2)12-17(11-13)20-18-8-9-22-21(18)24(23-20)19-7-5-6-15(3)16(19)4/h5-7,10-12,22H,8-9H2,1-4H3. The van der Waals surface area contributed by atoms with E-state index >= 15 is 0 Å². The third kappa shape index (κ3) is 2.32. The maximum absolute atomic E-state index is 5.01. The van der Waals surface area contributed by atoms with Crippen molar-refractivity contribution in [1.29, 1.82) is 0 Å². The first-order valence-corrected chi connectivity index (χ1v) is 8.55. The van der Waals surface area contributed by atoms with E-state index in [2.05, 4.69) is 74.1 Å². The molecule has 3 nitrogen and oxygen atoms in total. The second-order valence-electron chi connectivity index (χ2n) is 6.86. The molecule has 24 heavy (non-hydrogen) atoms. The molecule has 3 heteroatoms. The molecule has 2 aromatic carbocycles. The number of hydrogen-bond acceptors (Lipinski definition) is 2. The Hall–Kier alpha value is -2.55. The van der Waals surface area contributed by atoms with Crippen LogP contribution >= 0.6 is 0 Å². The van der Waals surface area contributed by atoms with Crippen molar-refractivity contribution in [2.75, 3.05) is 11.9 Å². The molecule has 1 aliphatic heterocycles. The van der Waals surface area contributed by atoms with Crippen LogP contribution in [0.3, 0.4) is 0 Å². The highest BCUT2D eigenvalue weighted by Gasteiger charge is 2.24.